The molecule has 2 rings (SSSR count). The fraction of sp³-hybridized carbons (Fsp3) is 0.353. The molecule has 0 aliphatic carbocycles. The zero-order valence-corrected chi connectivity index (χ0v) is 15.7. The second kappa shape index (κ2) is 9.33. The van der Waals surface area contributed by atoms with E-state index in [0.29, 0.717) is 12.3 Å². The van der Waals surface area contributed by atoms with Crippen LogP contribution in [0.1, 0.15) is 16.0 Å². The maximum atomic E-state index is 12.0. The standard InChI is InChI=1S/C17H21ClN2OS2/c1-20(2)10-14-6-4-3-5-13(14)9-19-17(21)12-22-11-15-7-8-16(18)23-15/h3-8H,9-12H2,1-2H3,(H,19,21). The third kappa shape index (κ3) is 6.55. The molecule has 6 heteroatoms. The molecule has 0 bridgehead atoms. The van der Waals surface area contributed by atoms with E-state index in [-0.39, 0.29) is 5.91 Å². The highest BCUT2D eigenvalue weighted by Gasteiger charge is 2.06. The van der Waals surface area contributed by atoms with E-state index in [1.807, 2.05) is 38.4 Å². The van der Waals surface area contributed by atoms with E-state index in [4.69, 9.17) is 11.6 Å². The fourth-order valence-corrected chi connectivity index (χ4v) is 4.20. The Balaban J connectivity index is 1.76. The summed E-state index contributed by atoms with van der Waals surface area (Å²) in [6.45, 7) is 1.45. The van der Waals surface area contributed by atoms with Gasteiger partial charge in [-0.05, 0) is 37.4 Å². The predicted molar refractivity (Wildman–Crippen MR) is 101 cm³/mol. The Labute approximate surface area is 151 Å². The summed E-state index contributed by atoms with van der Waals surface area (Å²) in [4.78, 5) is 15.3. The van der Waals surface area contributed by atoms with Crippen molar-refractivity contribution in [2.75, 3.05) is 19.8 Å². The van der Waals surface area contributed by atoms with Crippen LogP contribution in [0.2, 0.25) is 4.34 Å². The maximum absolute atomic E-state index is 12.0. The Kier molecular flexibility index (Phi) is 7.43. The van der Waals surface area contributed by atoms with E-state index in [0.717, 1.165) is 16.6 Å². The zero-order chi connectivity index (χ0) is 16.7. The Morgan fingerprint density at radius 1 is 1.22 bits per heavy atom. The molecule has 0 aliphatic rings. The van der Waals surface area contributed by atoms with Crippen molar-refractivity contribution in [3.05, 3.63) is 56.7 Å². The Morgan fingerprint density at radius 3 is 2.61 bits per heavy atom. The second-order valence-electron chi connectivity index (χ2n) is 5.48. The number of halogens is 1. The minimum atomic E-state index is 0.0670. The monoisotopic (exact) mass is 368 g/mol. The van der Waals surface area contributed by atoms with E-state index >= 15 is 0 Å². The number of thioether (sulfide) groups is 1. The zero-order valence-electron chi connectivity index (χ0n) is 13.3. The molecule has 0 saturated carbocycles. The molecule has 0 spiro atoms. The highest BCUT2D eigenvalue weighted by atomic mass is 35.5. The summed E-state index contributed by atoms with van der Waals surface area (Å²) in [6.07, 6.45) is 0. The van der Waals surface area contributed by atoms with Crippen LogP contribution in [-0.2, 0) is 23.6 Å². The van der Waals surface area contributed by atoms with Gasteiger partial charge < -0.3 is 10.2 Å². The molecular weight excluding hydrogens is 348 g/mol. The van der Waals surface area contributed by atoms with Crippen molar-refractivity contribution in [3.63, 3.8) is 0 Å². The van der Waals surface area contributed by atoms with Crippen LogP contribution in [0.3, 0.4) is 0 Å². The van der Waals surface area contributed by atoms with Gasteiger partial charge in [0.25, 0.3) is 0 Å². The number of benzene rings is 1. The third-order valence-electron chi connectivity index (χ3n) is 3.19. The van der Waals surface area contributed by atoms with Crippen LogP contribution in [0.25, 0.3) is 0 Å². The van der Waals surface area contributed by atoms with Crippen LogP contribution in [0.5, 0.6) is 0 Å². The van der Waals surface area contributed by atoms with Gasteiger partial charge in [0.05, 0.1) is 10.1 Å². The molecule has 3 nitrogen and oxygen atoms in total. The van der Waals surface area contributed by atoms with Crippen LogP contribution in [-0.4, -0.2) is 30.7 Å². The number of carbonyl (C=O) groups excluding carboxylic acids is 1. The lowest BCUT2D eigenvalue weighted by Crippen LogP contribution is -2.25. The van der Waals surface area contributed by atoms with Crippen molar-refractivity contribution >= 4 is 40.6 Å². The molecule has 23 heavy (non-hydrogen) atoms. The summed E-state index contributed by atoms with van der Waals surface area (Å²) >= 11 is 9.07. The van der Waals surface area contributed by atoms with E-state index < -0.39 is 0 Å². The molecule has 1 heterocycles. The van der Waals surface area contributed by atoms with Crippen molar-refractivity contribution in [2.24, 2.45) is 0 Å². The smallest absolute Gasteiger partial charge is 0.230 e. The molecule has 2 aromatic rings. The molecule has 1 amide bonds. The van der Waals surface area contributed by atoms with Gasteiger partial charge in [-0.1, -0.05) is 35.9 Å². The van der Waals surface area contributed by atoms with Crippen molar-refractivity contribution in [1.82, 2.24) is 10.2 Å². The third-order valence-corrected chi connectivity index (χ3v) is 5.58. The van der Waals surface area contributed by atoms with Crippen molar-refractivity contribution in [1.29, 1.82) is 0 Å². The average molecular weight is 369 g/mol. The highest BCUT2D eigenvalue weighted by Crippen LogP contribution is 2.25. The lowest BCUT2D eigenvalue weighted by Gasteiger charge is -2.14. The summed E-state index contributed by atoms with van der Waals surface area (Å²) < 4.78 is 0.794. The second-order valence-corrected chi connectivity index (χ2v) is 8.27. The quantitative estimate of drug-likeness (QED) is 0.764. The van der Waals surface area contributed by atoms with Gasteiger partial charge in [-0.3, -0.25) is 4.79 Å². The number of hydrogen-bond donors (Lipinski definition) is 1. The molecule has 1 N–H and O–H groups in total. The van der Waals surface area contributed by atoms with Gasteiger partial charge in [0.15, 0.2) is 0 Å². The maximum Gasteiger partial charge on any atom is 0.230 e. The first-order chi connectivity index (χ1) is 11.0. The van der Waals surface area contributed by atoms with Gasteiger partial charge in [-0.25, -0.2) is 0 Å². The Hall–Kier alpha value is -1.01. The van der Waals surface area contributed by atoms with Crippen LogP contribution in [0, 0.1) is 0 Å². The number of rotatable bonds is 8. The van der Waals surface area contributed by atoms with Gasteiger partial charge in [-0.2, -0.15) is 0 Å². The molecular formula is C17H21ClN2OS2. The van der Waals surface area contributed by atoms with Gasteiger partial charge in [0.2, 0.25) is 5.91 Å². The molecule has 0 atom stereocenters. The average Bonchev–Trinajstić information content (AvgIpc) is 2.91. The first-order valence-electron chi connectivity index (χ1n) is 7.35. The first kappa shape index (κ1) is 18.3. The number of nitrogens with zero attached hydrogens (tertiary/aromatic N) is 1. The van der Waals surface area contributed by atoms with E-state index in [1.54, 1.807) is 23.1 Å². The molecule has 0 radical (unpaired) electrons. The normalized spacial score (nSPS) is 11.0. The van der Waals surface area contributed by atoms with E-state index in [9.17, 15) is 4.79 Å². The van der Waals surface area contributed by atoms with Crippen LogP contribution in [0.4, 0.5) is 0 Å². The van der Waals surface area contributed by atoms with Crippen molar-refractivity contribution in [2.45, 2.75) is 18.8 Å². The number of amides is 1. The van der Waals surface area contributed by atoms with E-state index in [2.05, 4.69) is 22.3 Å². The fourth-order valence-electron chi connectivity index (χ4n) is 2.14. The predicted octanol–water partition coefficient (Wildman–Crippen LogP) is 4.01. The van der Waals surface area contributed by atoms with Crippen molar-refractivity contribution < 1.29 is 4.79 Å². The molecule has 0 aliphatic heterocycles. The summed E-state index contributed by atoms with van der Waals surface area (Å²) in [6, 6.07) is 12.1. The Morgan fingerprint density at radius 2 is 1.96 bits per heavy atom. The number of carbonyl (C=O) groups is 1. The molecule has 0 fully saturated rings. The molecule has 124 valence electrons. The molecule has 0 saturated heterocycles. The Bertz CT molecular complexity index is 643. The minimum Gasteiger partial charge on any atom is -0.351 e. The van der Waals surface area contributed by atoms with Crippen LogP contribution in [0.15, 0.2) is 36.4 Å². The van der Waals surface area contributed by atoms with Gasteiger partial charge >= 0.3 is 0 Å². The highest BCUT2D eigenvalue weighted by molar-refractivity contribution is 7.99. The SMILES string of the molecule is CN(C)Cc1ccccc1CNC(=O)CSCc1ccc(Cl)s1. The lowest BCUT2D eigenvalue weighted by atomic mass is 10.1. The van der Waals surface area contributed by atoms with E-state index in [1.165, 1.54) is 16.0 Å². The first-order valence-corrected chi connectivity index (χ1v) is 9.69. The van der Waals surface area contributed by atoms with Gasteiger partial charge in [-0.15, -0.1) is 23.1 Å². The van der Waals surface area contributed by atoms with Crippen LogP contribution < -0.4 is 5.32 Å². The largest absolute Gasteiger partial charge is 0.351 e. The number of nitrogens with one attached hydrogen (secondary N) is 1. The minimum absolute atomic E-state index is 0.0670. The lowest BCUT2D eigenvalue weighted by molar-refractivity contribution is -0.118. The van der Waals surface area contributed by atoms with Crippen molar-refractivity contribution in [3.8, 4) is 0 Å². The topological polar surface area (TPSA) is 32.3 Å². The summed E-state index contributed by atoms with van der Waals surface area (Å²) in [7, 11) is 4.09. The number of hydrogen-bond acceptors (Lipinski definition) is 4. The summed E-state index contributed by atoms with van der Waals surface area (Å²) in [5.41, 5.74) is 2.42. The summed E-state index contributed by atoms with van der Waals surface area (Å²) in [5, 5.41) is 3.00. The molecule has 1 aromatic carbocycles. The van der Waals surface area contributed by atoms with Gasteiger partial charge in [0, 0.05) is 23.7 Å². The molecule has 0 unspecified atom stereocenters. The summed E-state index contributed by atoms with van der Waals surface area (Å²) in [5.74, 6) is 1.35. The molecule has 1 aromatic heterocycles. The number of thiophene rings is 1. The van der Waals surface area contributed by atoms with Gasteiger partial charge in [0.1, 0.15) is 0 Å². The van der Waals surface area contributed by atoms with Crippen LogP contribution >= 0.6 is 34.7 Å².